The molecule has 0 bridgehead atoms. The van der Waals surface area contributed by atoms with Crippen molar-refractivity contribution in [1.82, 2.24) is 5.48 Å². The van der Waals surface area contributed by atoms with E-state index in [0.29, 0.717) is 31.7 Å². The normalized spacial score (nSPS) is 16.1. The number of hydroxylamine groups is 1. The molecule has 0 spiro atoms. The fraction of sp³-hybridized carbons (Fsp3) is 0.375. The molecule has 0 radical (unpaired) electrons. The van der Waals surface area contributed by atoms with E-state index < -0.39 is 11.9 Å². The first-order chi connectivity index (χ1) is 14.5. The number of nitrogens with one attached hydrogen (secondary N) is 1. The largest absolute Gasteiger partial charge is 0.310 e. The molecule has 2 aromatic carbocycles. The van der Waals surface area contributed by atoms with Gasteiger partial charge < -0.3 is 4.90 Å². The maximum Gasteiger partial charge on any atom is 0.251 e. The topological polar surface area (TPSA) is 82.0 Å². The fourth-order valence-electron chi connectivity index (χ4n) is 3.76. The minimum Gasteiger partial charge on any atom is -0.310 e. The van der Waals surface area contributed by atoms with Gasteiger partial charge in [-0.15, -0.1) is 0 Å². The highest BCUT2D eigenvalue weighted by atomic mass is 16.5. The van der Waals surface area contributed by atoms with E-state index in [9.17, 15) is 9.59 Å². The maximum absolute atomic E-state index is 13.5. The molecule has 1 aliphatic heterocycles. The third-order valence-corrected chi connectivity index (χ3v) is 5.19. The van der Waals surface area contributed by atoms with Gasteiger partial charge in [0.25, 0.3) is 5.91 Å². The zero-order chi connectivity index (χ0) is 21.5. The number of para-hydroxylation sites is 1. The van der Waals surface area contributed by atoms with Crippen molar-refractivity contribution >= 4 is 23.2 Å². The quantitative estimate of drug-likeness (QED) is 0.395. The summed E-state index contributed by atoms with van der Waals surface area (Å²) in [6.07, 6.45) is 2.14. The van der Waals surface area contributed by atoms with Crippen LogP contribution < -0.4 is 10.4 Å². The standard InChI is InChI=1S/C24H29N3O3/c1-17(2)16-20-24(29)27(15-9-8-14-22(28)26-30)21-13-7-6-12-19(21)23(25-20)18-10-4-3-5-11-18/h3-7,10-13,17,20,30H,8-9,14-16H2,1-2H3,(H,26,28)/t20-/m0/s1. The van der Waals surface area contributed by atoms with Crippen LogP contribution in [0.2, 0.25) is 0 Å². The van der Waals surface area contributed by atoms with E-state index in [4.69, 9.17) is 10.2 Å². The lowest BCUT2D eigenvalue weighted by Gasteiger charge is -2.26. The Morgan fingerprint density at radius 3 is 2.50 bits per heavy atom. The van der Waals surface area contributed by atoms with Crippen LogP contribution in [0, 0.1) is 5.92 Å². The summed E-state index contributed by atoms with van der Waals surface area (Å²) in [5.74, 6) is -0.0882. The van der Waals surface area contributed by atoms with Crippen molar-refractivity contribution in [2.45, 2.75) is 45.6 Å². The number of carbonyl (C=O) groups excluding carboxylic acids is 2. The van der Waals surface area contributed by atoms with Crippen LogP contribution >= 0.6 is 0 Å². The molecule has 3 rings (SSSR count). The summed E-state index contributed by atoms with van der Waals surface area (Å²) in [5, 5.41) is 8.67. The number of hydrogen-bond acceptors (Lipinski definition) is 4. The Bertz CT molecular complexity index is 909. The monoisotopic (exact) mass is 407 g/mol. The second-order valence-electron chi connectivity index (χ2n) is 7.99. The highest BCUT2D eigenvalue weighted by Crippen LogP contribution is 2.30. The van der Waals surface area contributed by atoms with Crippen molar-refractivity contribution < 1.29 is 14.8 Å². The Morgan fingerprint density at radius 2 is 1.80 bits per heavy atom. The summed E-state index contributed by atoms with van der Waals surface area (Å²) >= 11 is 0. The van der Waals surface area contributed by atoms with Crippen LogP contribution in [-0.2, 0) is 9.59 Å². The number of rotatable bonds is 8. The van der Waals surface area contributed by atoms with Gasteiger partial charge >= 0.3 is 0 Å². The molecule has 2 amide bonds. The molecule has 2 aromatic rings. The predicted molar refractivity (Wildman–Crippen MR) is 118 cm³/mol. The van der Waals surface area contributed by atoms with E-state index in [1.54, 1.807) is 5.48 Å². The Hall–Kier alpha value is -2.99. The Morgan fingerprint density at radius 1 is 1.10 bits per heavy atom. The van der Waals surface area contributed by atoms with E-state index in [1.165, 1.54) is 0 Å². The molecule has 1 heterocycles. The number of anilines is 1. The summed E-state index contributed by atoms with van der Waals surface area (Å²) in [6, 6.07) is 17.4. The lowest BCUT2D eigenvalue weighted by molar-refractivity contribution is -0.129. The summed E-state index contributed by atoms with van der Waals surface area (Å²) in [5.41, 5.74) is 5.28. The second kappa shape index (κ2) is 10.2. The van der Waals surface area contributed by atoms with E-state index in [2.05, 4.69) is 13.8 Å². The van der Waals surface area contributed by atoms with Crippen LogP contribution in [0.15, 0.2) is 59.6 Å². The van der Waals surface area contributed by atoms with Gasteiger partial charge in [-0.05, 0) is 31.2 Å². The Labute approximate surface area is 177 Å². The van der Waals surface area contributed by atoms with Crippen LogP contribution in [-0.4, -0.2) is 35.3 Å². The van der Waals surface area contributed by atoms with Gasteiger partial charge in [0.1, 0.15) is 6.04 Å². The molecular formula is C24H29N3O3. The third kappa shape index (κ3) is 5.13. The summed E-state index contributed by atoms with van der Waals surface area (Å²) in [7, 11) is 0. The summed E-state index contributed by atoms with van der Waals surface area (Å²) in [6.45, 7) is 4.70. The summed E-state index contributed by atoms with van der Waals surface area (Å²) < 4.78 is 0. The molecule has 2 N–H and O–H groups in total. The van der Waals surface area contributed by atoms with Crippen molar-refractivity contribution in [3.05, 3.63) is 65.7 Å². The molecule has 1 aliphatic rings. The molecule has 1 atom stereocenters. The molecule has 0 saturated heterocycles. The van der Waals surface area contributed by atoms with E-state index in [1.807, 2.05) is 59.5 Å². The number of unbranched alkanes of at least 4 members (excludes halogenated alkanes) is 1. The van der Waals surface area contributed by atoms with E-state index in [-0.39, 0.29) is 12.3 Å². The first kappa shape index (κ1) is 21.7. The predicted octanol–water partition coefficient (Wildman–Crippen LogP) is 3.96. The lowest BCUT2D eigenvalue weighted by atomic mass is 10.00. The molecule has 30 heavy (non-hydrogen) atoms. The number of aliphatic imine (C=N–C) groups is 1. The van der Waals surface area contributed by atoms with Crippen molar-refractivity contribution in [2.75, 3.05) is 11.4 Å². The van der Waals surface area contributed by atoms with Gasteiger partial charge in [0.05, 0.1) is 11.4 Å². The molecule has 0 aliphatic carbocycles. The summed E-state index contributed by atoms with van der Waals surface area (Å²) in [4.78, 5) is 31.6. The number of hydrogen-bond donors (Lipinski definition) is 2. The minimum atomic E-state index is -0.451. The van der Waals surface area contributed by atoms with Crippen molar-refractivity contribution in [1.29, 1.82) is 0 Å². The molecule has 0 fully saturated rings. The van der Waals surface area contributed by atoms with Crippen molar-refractivity contribution in [3.63, 3.8) is 0 Å². The smallest absolute Gasteiger partial charge is 0.251 e. The molecule has 6 heteroatoms. The maximum atomic E-state index is 13.5. The fourth-order valence-corrected chi connectivity index (χ4v) is 3.76. The van der Waals surface area contributed by atoms with Crippen LogP contribution in [0.3, 0.4) is 0 Å². The number of benzodiazepines with no additional fused rings is 1. The number of amides is 2. The van der Waals surface area contributed by atoms with Gasteiger partial charge in [0.15, 0.2) is 0 Å². The molecular weight excluding hydrogens is 378 g/mol. The highest BCUT2D eigenvalue weighted by molar-refractivity contribution is 6.20. The lowest BCUT2D eigenvalue weighted by Crippen LogP contribution is -2.39. The second-order valence-corrected chi connectivity index (χ2v) is 7.99. The molecule has 0 aromatic heterocycles. The molecule has 0 unspecified atom stereocenters. The van der Waals surface area contributed by atoms with Crippen LogP contribution in [0.1, 0.15) is 50.7 Å². The number of fused-ring (bicyclic) bond motifs is 1. The van der Waals surface area contributed by atoms with Crippen LogP contribution in [0.4, 0.5) is 5.69 Å². The number of nitrogens with zero attached hydrogens (tertiary/aromatic N) is 2. The van der Waals surface area contributed by atoms with Crippen LogP contribution in [0.5, 0.6) is 0 Å². The first-order valence-electron chi connectivity index (χ1n) is 10.5. The van der Waals surface area contributed by atoms with Gasteiger partial charge in [-0.3, -0.25) is 19.8 Å². The highest BCUT2D eigenvalue weighted by Gasteiger charge is 2.31. The zero-order valence-electron chi connectivity index (χ0n) is 17.5. The Balaban J connectivity index is 1.97. The van der Waals surface area contributed by atoms with Gasteiger partial charge in [-0.25, -0.2) is 5.48 Å². The zero-order valence-corrected chi connectivity index (χ0v) is 17.5. The number of benzene rings is 2. The number of carbonyl (C=O) groups is 2. The molecule has 0 saturated carbocycles. The van der Waals surface area contributed by atoms with Crippen molar-refractivity contribution in [3.8, 4) is 0 Å². The first-order valence-corrected chi connectivity index (χ1v) is 10.5. The average molecular weight is 408 g/mol. The van der Waals surface area contributed by atoms with Gasteiger partial charge in [-0.2, -0.15) is 0 Å². The SMILES string of the molecule is CC(C)C[C@@H]1N=C(c2ccccc2)c2ccccc2N(CCCCC(=O)NO)C1=O. The third-order valence-electron chi connectivity index (χ3n) is 5.19. The molecule has 158 valence electrons. The minimum absolute atomic E-state index is 0.00584. The van der Waals surface area contributed by atoms with E-state index in [0.717, 1.165) is 22.5 Å². The Kier molecular flexibility index (Phi) is 7.36. The molecule has 6 nitrogen and oxygen atoms in total. The van der Waals surface area contributed by atoms with Crippen LogP contribution in [0.25, 0.3) is 0 Å². The van der Waals surface area contributed by atoms with Gasteiger partial charge in [0, 0.05) is 24.1 Å². The van der Waals surface area contributed by atoms with Gasteiger partial charge in [-0.1, -0.05) is 62.4 Å². The average Bonchev–Trinajstić information content (AvgIpc) is 2.87. The van der Waals surface area contributed by atoms with Crippen molar-refractivity contribution in [2.24, 2.45) is 10.9 Å². The van der Waals surface area contributed by atoms with E-state index >= 15 is 0 Å². The van der Waals surface area contributed by atoms with Gasteiger partial charge in [0.2, 0.25) is 5.91 Å².